The Morgan fingerprint density at radius 1 is 0.938 bits per heavy atom. The topological polar surface area (TPSA) is 39.1 Å². The van der Waals surface area contributed by atoms with Gasteiger partial charge in [0.05, 0.1) is 19.2 Å². The third-order valence-corrected chi connectivity index (χ3v) is 6.56. The second kappa shape index (κ2) is 8.71. The van der Waals surface area contributed by atoms with Gasteiger partial charge in [-0.2, -0.15) is 0 Å². The van der Waals surface area contributed by atoms with Crippen LogP contribution in [0.25, 0.3) is 32.7 Å². The lowest BCUT2D eigenvalue weighted by atomic mass is 10.2. The first-order valence-corrected chi connectivity index (χ1v) is 11.8. The van der Waals surface area contributed by atoms with Crippen molar-refractivity contribution < 1.29 is 9.13 Å². The number of halogens is 3. The Morgan fingerprint density at radius 3 is 2.28 bits per heavy atom. The van der Waals surface area contributed by atoms with Crippen LogP contribution in [0.2, 0.25) is 0 Å². The first-order chi connectivity index (χ1) is 15.5. The van der Waals surface area contributed by atoms with Gasteiger partial charge in [0, 0.05) is 42.7 Å². The van der Waals surface area contributed by atoms with Crippen LogP contribution in [0, 0.1) is 0 Å². The van der Waals surface area contributed by atoms with E-state index in [1.54, 1.807) is 7.11 Å². The van der Waals surface area contributed by atoms with E-state index in [4.69, 9.17) is 4.74 Å². The van der Waals surface area contributed by atoms with E-state index in [9.17, 15) is 0 Å². The van der Waals surface area contributed by atoms with E-state index in [1.807, 2.05) is 54.6 Å². The molecule has 162 valence electrons. The largest absolute Gasteiger partial charge is 0.497 e. The number of fused-ring (bicyclic) bond motifs is 4. The quantitative estimate of drug-likeness (QED) is 0.238. The molecule has 0 aliphatic carbocycles. The van der Waals surface area contributed by atoms with Crippen molar-refractivity contribution >= 4 is 70.4 Å². The Kier molecular flexibility index (Phi) is 5.78. The van der Waals surface area contributed by atoms with Gasteiger partial charge in [-0.15, -0.1) is 0 Å². The Hall–Kier alpha value is -2.64. The lowest BCUT2D eigenvalue weighted by molar-refractivity contribution is 0.316. The highest BCUT2D eigenvalue weighted by Gasteiger charge is 2.16. The number of nitrogens with one attached hydrogen (secondary N) is 1. The average Bonchev–Trinajstić information content (AvgIpc) is 3.09. The molecule has 5 rings (SSSR count). The van der Waals surface area contributed by atoms with Crippen molar-refractivity contribution in [2.24, 2.45) is 0 Å². The predicted octanol–water partition coefficient (Wildman–Crippen LogP) is 7.33. The molecule has 5 aromatic rings. The number of ether oxygens (including phenoxy) is 1. The number of nitrogens with zero attached hydrogens (tertiary/aromatic N) is 2. The monoisotopic (exact) mass is 555 g/mol. The van der Waals surface area contributed by atoms with Gasteiger partial charge >= 0.3 is 0 Å². The van der Waals surface area contributed by atoms with Gasteiger partial charge in [-0.25, -0.2) is 9.37 Å². The molecule has 32 heavy (non-hydrogen) atoms. The summed E-state index contributed by atoms with van der Waals surface area (Å²) in [4.78, 5) is 4.59. The van der Waals surface area contributed by atoms with Crippen LogP contribution in [0.3, 0.4) is 0 Å². The Morgan fingerprint density at radius 2 is 1.62 bits per heavy atom. The van der Waals surface area contributed by atoms with Gasteiger partial charge in [0.1, 0.15) is 17.7 Å². The minimum Gasteiger partial charge on any atom is -0.497 e. The molecule has 0 unspecified atom stereocenters. The van der Waals surface area contributed by atoms with E-state index in [0.29, 0.717) is 5.82 Å². The Labute approximate surface area is 201 Å². The number of aromatic nitrogens is 2. The zero-order chi connectivity index (χ0) is 22.2. The van der Waals surface area contributed by atoms with Gasteiger partial charge in [-0.1, -0.05) is 31.9 Å². The molecule has 0 bridgehead atoms. The van der Waals surface area contributed by atoms with Crippen LogP contribution in [0.4, 0.5) is 10.2 Å². The van der Waals surface area contributed by atoms with Crippen LogP contribution in [-0.4, -0.2) is 29.4 Å². The first-order valence-electron chi connectivity index (χ1n) is 10.2. The number of pyridine rings is 1. The van der Waals surface area contributed by atoms with Crippen molar-refractivity contribution in [3.05, 3.63) is 75.7 Å². The summed E-state index contributed by atoms with van der Waals surface area (Å²) in [6.07, 6.45) is -1.09. The van der Waals surface area contributed by atoms with Crippen LogP contribution in [-0.2, 0) is 6.54 Å². The van der Waals surface area contributed by atoms with Crippen molar-refractivity contribution in [1.82, 2.24) is 9.55 Å². The van der Waals surface area contributed by atoms with Gasteiger partial charge in [0.25, 0.3) is 0 Å². The van der Waals surface area contributed by atoms with Crippen LogP contribution < -0.4 is 10.1 Å². The number of methoxy groups -OCH3 is 1. The molecule has 1 N–H and O–H groups in total. The van der Waals surface area contributed by atoms with Crippen LogP contribution in [0.5, 0.6) is 5.75 Å². The van der Waals surface area contributed by atoms with Crippen molar-refractivity contribution in [1.29, 1.82) is 0 Å². The first kappa shape index (κ1) is 21.2. The molecule has 2 aromatic heterocycles. The molecule has 7 heteroatoms. The maximum Gasteiger partial charge on any atom is 0.135 e. The average molecular weight is 557 g/mol. The Balaban J connectivity index is 1.38. The minimum absolute atomic E-state index is 0.170. The normalized spacial score (nSPS) is 12.5. The summed E-state index contributed by atoms with van der Waals surface area (Å²) in [6, 6.07) is 21.8. The van der Waals surface area contributed by atoms with Gasteiger partial charge < -0.3 is 14.6 Å². The van der Waals surface area contributed by atoms with Crippen LogP contribution in [0.1, 0.15) is 0 Å². The molecular weight excluding hydrogens is 537 g/mol. The molecule has 0 saturated carbocycles. The number of alkyl halides is 1. The highest BCUT2D eigenvalue weighted by molar-refractivity contribution is 9.10. The van der Waals surface area contributed by atoms with E-state index >= 15 is 4.39 Å². The fourth-order valence-corrected chi connectivity index (χ4v) is 4.77. The lowest BCUT2D eigenvalue weighted by Gasteiger charge is -2.14. The van der Waals surface area contributed by atoms with Crippen molar-refractivity contribution in [3.8, 4) is 5.75 Å². The summed E-state index contributed by atoms with van der Waals surface area (Å²) in [6.45, 7) is 0.421. The molecule has 3 aromatic carbocycles. The summed E-state index contributed by atoms with van der Waals surface area (Å²) in [5, 5.41) is 6.33. The summed E-state index contributed by atoms with van der Waals surface area (Å²) in [5.41, 5.74) is 2.87. The number of hydrogen-bond acceptors (Lipinski definition) is 3. The maximum atomic E-state index is 15.1. The molecule has 0 aliphatic rings. The second-order valence-corrected chi connectivity index (χ2v) is 9.50. The summed E-state index contributed by atoms with van der Waals surface area (Å²) in [5.74, 6) is 1.44. The highest BCUT2D eigenvalue weighted by Crippen LogP contribution is 2.33. The van der Waals surface area contributed by atoms with Gasteiger partial charge in [0.2, 0.25) is 0 Å². The summed E-state index contributed by atoms with van der Waals surface area (Å²) in [7, 11) is 1.64. The fraction of sp³-hybridized carbons (Fsp3) is 0.160. The van der Waals surface area contributed by atoms with Crippen LogP contribution in [0.15, 0.2) is 75.7 Å². The SMILES string of the molecule is COc1ccc2nc(NC[C@@H](F)Cn3c4ccc(Br)cc4c4cc(Br)ccc43)ccc2c1. The standard InChI is InChI=1S/C25H20Br2FN3O/c1-32-19-5-6-22-15(10-19)2-9-25(30-22)29-13-18(28)14-31-23-7-3-16(26)11-20(23)21-12-17(27)4-8-24(21)31/h2-12,18H,13-14H2,1H3,(H,29,30)/t18-/m1/s1. The number of rotatable bonds is 6. The molecule has 4 nitrogen and oxygen atoms in total. The summed E-state index contributed by atoms with van der Waals surface area (Å²) >= 11 is 7.11. The van der Waals surface area contributed by atoms with Crippen LogP contribution >= 0.6 is 31.9 Å². The van der Waals surface area contributed by atoms with Crippen molar-refractivity contribution in [2.75, 3.05) is 19.0 Å². The third-order valence-electron chi connectivity index (χ3n) is 5.57. The van der Waals surface area contributed by atoms with Gasteiger partial charge in [0.15, 0.2) is 0 Å². The highest BCUT2D eigenvalue weighted by atomic mass is 79.9. The zero-order valence-corrected chi connectivity index (χ0v) is 20.5. The predicted molar refractivity (Wildman–Crippen MR) is 137 cm³/mol. The molecular formula is C25H20Br2FN3O. The van der Waals surface area contributed by atoms with E-state index < -0.39 is 6.17 Å². The molecule has 0 spiro atoms. The summed E-state index contributed by atoms with van der Waals surface area (Å²) < 4.78 is 24.4. The number of benzene rings is 3. The van der Waals surface area contributed by atoms with E-state index in [1.165, 1.54) is 0 Å². The van der Waals surface area contributed by atoms with E-state index in [2.05, 4.69) is 58.9 Å². The smallest absolute Gasteiger partial charge is 0.135 e. The Bertz CT molecular complexity index is 1390. The second-order valence-electron chi connectivity index (χ2n) is 7.67. The number of hydrogen-bond donors (Lipinski definition) is 1. The lowest BCUT2D eigenvalue weighted by Crippen LogP contribution is -2.21. The van der Waals surface area contributed by atoms with E-state index in [0.717, 1.165) is 47.4 Å². The molecule has 0 aliphatic heterocycles. The number of anilines is 1. The zero-order valence-electron chi connectivity index (χ0n) is 17.3. The molecule has 0 saturated heterocycles. The van der Waals surface area contributed by atoms with Crippen molar-refractivity contribution in [3.63, 3.8) is 0 Å². The molecule has 0 amide bonds. The van der Waals surface area contributed by atoms with Gasteiger partial charge in [-0.05, 0) is 66.7 Å². The molecule has 2 heterocycles. The van der Waals surface area contributed by atoms with Gasteiger partial charge in [-0.3, -0.25) is 0 Å². The fourth-order valence-electron chi connectivity index (χ4n) is 4.05. The maximum absolute atomic E-state index is 15.1. The molecule has 0 fully saturated rings. The minimum atomic E-state index is -1.09. The molecule has 1 atom stereocenters. The molecule has 0 radical (unpaired) electrons. The third kappa shape index (κ3) is 4.07. The van der Waals surface area contributed by atoms with E-state index in [-0.39, 0.29) is 13.1 Å². The van der Waals surface area contributed by atoms with Crippen molar-refractivity contribution in [2.45, 2.75) is 12.7 Å².